The second-order valence-electron chi connectivity index (χ2n) is 11.3. The number of aromatic amines is 1. The summed E-state index contributed by atoms with van der Waals surface area (Å²) in [6.07, 6.45) is 3.60. The van der Waals surface area contributed by atoms with E-state index in [1.807, 2.05) is 12.1 Å². The van der Waals surface area contributed by atoms with Crippen LogP contribution in [0.25, 0.3) is 22.0 Å². The largest absolute Gasteiger partial charge is 0.496 e. The van der Waals surface area contributed by atoms with Gasteiger partial charge in [-0.2, -0.15) is 13.2 Å². The normalized spacial score (nSPS) is 16.2. The van der Waals surface area contributed by atoms with E-state index in [2.05, 4.69) is 24.8 Å². The number of nitrogens with zero attached hydrogens (tertiary/aromatic N) is 4. The Labute approximate surface area is 231 Å². The SMILES string of the molecule is COc1c(-c2cncnc2)cccc1C(C)(C)CC(O)(Cc1cc2cc(N3CCCCC3)ncc2[nH]1)C(F)(F)F. The number of hydrogen-bond donors (Lipinski definition) is 2. The third-order valence-electron chi connectivity index (χ3n) is 7.79. The summed E-state index contributed by atoms with van der Waals surface area (Å²) in [6.45, 7) is 5.21. The Morgan fingerprint density at radius 1 is 1.02 bits per heavy atom. The van der Waals surface area contributed by atoms with Gasteiger partial charge in [-0.1, -0.05) is 32.0 Å². The van der Waals surface area contributed by atoms with Crippen LogP contribution in [0.2, 0.25) is 0 Å². The minimum absolute atomic E-state index is 0.297. The van der Waals surface area contributed by atoms with Gasteiger partial charge in [-0.25, -0.2) is 15.0 Å². The Morgan fingerprint density at radius 2 is 1.75 bits per heavy atom. The van der Waals surface area contributed by atoms with Crippen LogP contribution in [0.4, 0.5) is 19.0 Å². The first kappa shape index (κ1) is 27.9. The van der Waals surface area contributed by atoms with E-state index in [0.29, 0.717) is 33.7 Å². The Bertz CT molecular complexity index is 1470. The number of aromatic nitrogens is 4. The summed E-state index contributed by atoms with van der Waals surface area (Å²) < 4.78 is 49.5. The number of halogens is 3. The van der Waals surface area contributed by atoms with Gasteiger partial charge in [0.2, 0.25) is 0 Å². The van der Waals surface area contributed by atoms with Crippen LogP contribution in [0.15, 0.2) is 55.2 Å². The topological polar surface area (TPSA) is 87.2 Å². The fraction of sp³-hybridized carbons (Fsp3) is 0.433. The summed E-state index contributed by atoms with van der Waals surface area (Å²) >= 11 is 0. The number of methoxy groups -OCH3 is 1. The molecule has 1 unspecified atom stereocenters. The number of fused-ring (bicyclic) bond motifs is 1. The molecule has 1 aliphatic heterocycles. The zero-order valence-corrected chi connectivity index (χ0v) is 22.9. The van der Waals surface area contributed by atoms with Gasteiger partial charge in [-0.3, -0.25) is 0 Å². The highest BCUT2D eigenvalue weighted by atomic mass is 19.4. The average Bonchev–Trinajstić information content (AvgIpc) is 3.33. The molecule has 10 heteroatoms. The number of rotatable bonds is 8. The van der Waals surface area contributed by atoms with Gasteiger partial charge in [0.15, 0.2) is 5.60 Å². The summed E-state index contributed by atoms with van der Waals surface area (Å²) in [5.41, 5.74) is -1.29. The third-order valence-corrected chi connectivity index (χ3v) is 7.79. The zero-order valence-electron chi connectivity index (χ0n) is 22.9. The summed E-state index contributed by atoms with van der Waals surface area (Å²) in [5, 5.41) is 12.1. The first-order valence-electron chi connectivity index (χ1n) is 13.5. The number of hydrogen-bond acceptors (Lipinski definition) is 6. The highest BCUT2D eigenvalue weighted by molar-refractivity contribution is 5.82. The van der Waals surface area contributed by atoms with Crippen molar-refractivity contribution >= 4 is 16.7 Å². The lowest BCUT2D eigenvalue weighted by molar-refractivity contribution is -0.266. The van der Waals surface area contributed by atoms with E-state index < -0.39 is 30.0 Å². The minimum atomic E-state index is -4.88. The van der Waals surface area contributed by atoms with Crippen molar-refractivity contribution in [2.45, 2.75) is 63.1 Å². The lowest BCUT2D eigenvalue weighted by Gasteiger charge is -2.38. The van der Waals surface area contributed by atoms with Crippen LogP contribution in [0.1, 0.15) is 50.8 Å². The van der Waals surface area contributed by atoms with E-state index in [9.17, 15) is 18.3 Å². The molecule has 5 rings (SSSR count). The molecule has 0 amide bonds. The Kier molecular flexibility index (Phi) is 7.48. The number of H-pyrrole nitrogens is 1. The van der Waals surface area contributed by atoms with Crippen molar-refractivity contribution in [3.63, 3.8) is 0 Å². The molecule has 212 valence electrons. The lowest BCUT2D eigenvalue weighted by Crippen LogP contribution is -2.51. The maximum absolute atomic E-state index is 14.6. The van der Waals surface area contributed by atoms with Crippen molar-refractivity contribution in [1.29, 1.82) is 0 Å². The van der Waals surface area contributed by atoms with Crippen LogP contribution in [0.5, 0.6) is 5.75 Å². The van der Waals surface area contributed by atoms with E-state index in [0.717, 1.165) is 37.1 Å². The predicted octanol–water partition coefficient (Wildman–Crippen LogP) is 6.22. The highest BCUT2D eigenvalue weighted by Gasteiger charge is 2.56. The number of alkyl halides is 3. The fourth-order valence-corrected chi connectivity index (χ4v) is 5.83. The maximum atomic E-state index is 14.6. The summed E-state index contributed by atoms with van der Waals surface area (Å²) in [4.78, 5) is 17.9. The average molecular weight is 554 g/mol. The lowest BCUT2D eigenvalue weighted by atomic mass is 9.72. The van der Waals surface area contributed by atoms with Crippen molar-refractivity contribution in [3.05, 3.63) is 66.5 Å². The maximum Gasteiger partial charge on any atom is 0.417 e. The van der Waals surface area contributed by atoms with Crippen molar-refractivity contribution in [2.24, 2.45) is 0 Å². The molecule has 0 saturated carbocycles. The van der Waals surface area contributed by atoms with Gasteiger partial charge in [0.05, 0.1) is 18.8 Å². The molecule has 0 bridgehead atoms. The molecule has 0 aliphatic carbocycles. The summed E-state index contributed by atoms with van der Waals surface area (Å²) in [7, 11) is 1.48. The monoisotopic (exact) mass is 553 g/mol. The molecule has 0 spiro atoms. The van der Waals surface area contributed by atoms with E-state index in [4.69, 9.17) is 4.74 Å². The Hall–Kier alpha value is -3.66. The number of anilines is 1. The second kappa shape index (κ2) is 10.7. The number of nitrogens with one attached hydrogen (secondary N) is 1. The van der Waals surface area contributed by atoms with E-state index in [1.165, 1.54) is 19.9 Å². The van der Waals surface area contributed by atoms with Crippen LogP contribution in [-0.4, -0.2) is 57.0 Å². The summed E-state index contributed by atoms with van der Waals surface area (Å²) in [5.74, 6) is 1.24. The van der Waals surface area contributed by atoms with Gasteiger partial charge in [-0.15, -0.1) is 0 Å². The molecule has 7 nitrogen and oxygen atoms in total. The quantitative estimate of drug-likeness (QED) is 0.269. The molecule has 0 radical (unpaired) electrons. The Morgan fingerprint density at radius 3 is 2.42 bits per heavy atom. The third kappa shape index (κ3) is 5.50. The molecule has 1 aromatic carbocycles. The molecular formula is C30H34F3N5O2. The van der Waals surface area contributed by atoms with Crippen LogP contribution >= 0.6 is 0 Å². The molecular weight excluding hydrogens is 519 g/mol. The summed E-state index contributed by atoms with van der Waals surface area (Å²) in [6, 6.07) is 8.90. The fourth-order valence-electron chi connectivity index (χ4n) is 5.83. The number of para-hydroxylation sites is 1. The first-order chi connectivity index (χ1) is 19.0. The second-order valence-corrected chi connectivity index (χ2v) is 11.3. The molecule has 1 saturated heterocycles. The Balaban J connectivity index is 1.46. The first-order valence-corrected chi connectivity index (χ1v) is 13.5. The molecule has 4 aromatic rings. The van der Waals surface area contributed by atoms with Crippen molar-refractivity contribution < 1.29 is 23.0 Å². The molecule has 1 aliphatic rings. The number of pyridine rings is 1. The molecule has 3 aromatic heterocycles. The van der Waals surface area contributed by atoms with Gasteiger partial charge < -0.3 is 19.7 Å². The van der Waals surface area contributed by atoms with E-state index in [-0.39, 0.29) is 0 Å². The molecule has 2 N–H and O–H groups in total. The smallest absolute Gasteiger partial charge is 0.417 e. The predicted molar refractivity (Wildman–Crippen MR) is 149 cm³/mol. The van der Waals surface area contributed by atoms with E-state index in [1.54, 1.807) is 50.6 Å². The van der Waals surface area contributed by atoms with E-state index >= 15 is 0 Å². The van der Waals surface area contributed by atoms with Crippen LogP contribution < -0.4 is 9.64 Å². The van der Waals surface area contributed by atoms with Gasteiger partial charge in [0.1, 0.15) is 17.9 Å². The molecule has 4 heterocycles. The van der Waals surface area contributed by atoms with Gasteiger partial charge in [-0.05, 0) is 43.2 Å². The van der Waals surface area contributed by atoms with Crippen LogP contribution in [-0.2, 0) is 11.8 Å². The zero-order chi connectivity index (χ0) is 28.5. The molecule has 1 atom stereocenters. The standard InChI is InChI=1S/C30H34F3N5O2/c1-28(2,24-9-7-8-23(27(24)40-3)21-15-34-19-35-16-21)18-29(39,30(31,32)33)14-22-12-20-13-26(36-17-25(20)37-22)38-10-5-4-6-11-38/h7-9,12-13,15-17,19,37,39H,4-6,10-11,14,18H2,1-3H3. The number of piperidine rings is 1. The van der Waals surface area contributed by atoms with Crippen LogP contribution in [0, 0.1) is 0 Å². The number of aliphatic hydroxyl groups is 1. The minimum Gasteiger partial charge on any atom is -0.496 e. The van der Waals surface area contributed by atoms with Gasteiger partial charge in [0.25, 0.3) is 0 Å². The van der Waals surface area contributed by atoms with Gasteiger partial charge >= 0.3 is 6.18 Å². The molecule has 1 fully saturated rings. The number of benzene rings is 1. The van der Waals surface area contributed by atoms with Crippen LogP contribution in [0.3, 0.4) is 0 Å². The molecule has 40 heavy (non-hydrogen) atoms. The number of ether oxygens (including phenoxy) is 1. The van der Waals surface area contributed by atoms with Gasteiger partial charge in [0, 0.05) is 59.7 Å². The van der Waals surface area contributed by atoms with Crippen molar-refractivity contribution in [3.8, 4) is 16.9 Å². The van der Waals surface area contributed by atoms with Crippen molar-refractivity contribution in [1.82, 2.24) is 19.9 Å². The van der Waals surface area contributed by atoms with Crippen molar-refractivity contribution in [2.75, 3.05) is 25.1 Å². The highest BCUT2D eigenvalue weighted by Crippen LogP contribution is 2.47.